The van der Waals surface area contributed by atoms with Crippen LogP contribution in [0.2, 0.25) is 0 Å². The Morgan fingerprint density at radius 3 is 2.44 bits per heavy atom. The number of hydrogen-bond acceptors (Lipinski definition) is 4. The minimum absolute atomic E-state index is 0.133. The topological polar surface area (TPSA) is 38.9 Å². The molecule has 0 aromatic carbocycles. The highest BCUT2D eigenvalue weighted by atomic mass is 32.2. The SMILES string of the molecule is CC(C)(C)c1csc(C2(N)CCSCC2)n1. The summed E-state index contributed by atoms with van der Waals surface area (Å²) in [6.07, 6.45) is 2.13. The van der Waals surface area contributed by atoms with E-state index in [-0.39, 0.29) is 11.0 Å². The lowest BCUT2D eigenvalue weighted by Gasteiger charge is -2.31. The molecular formula is C12H20N2S2. The van der Waals surface area contributed by atoms with E-state index in [2.05, 4.69) is 26.2 Å². The third-order valence-electron chi connectivity index (χ3n) is 3.08. The van der Waals surface area contributed by atoms with E-state index in [1.807, 2.05) is 11.8 Å². The van der Waals surface area contributed by atoms with Gasteiger partial charge in [0, 0.05) is 10.8 Å². The van der Waals surface area contributed by atoms with Crippen LogP contribution in [-0.2, 0) is 11.0 Å². The standard InChI is InChI=1S/C12H20N2S2/c1-11(2,3)9-8-16-10(14-9)12(13)4-6-15-7-5-12/h8H,4-7,13H2,1-3H3. The molecule has 0 bridgehead atoms. The molecule has 1 aromatic heterocycles. The summed E-state index contributed by atoms with van der Waals surface area (Å²) in [5.74, 6) is 2.34. The fraction of sp³-hybridized carbons (Fsp3) is 0.750. The van der Waals surface area contributed by atoms with Crippen molar-refractivity contribution >= 4 is 23.1 Å². The Labute approximate surface area is 106 Å². The molecule has 4 heteroatoms. The van der Waals surface area contributed by atoms with Crippen molar-refractivity contribution in [2.45, 2.75) is 44.6 Å². The average Bonchev–Trinajstić information content (AvgIpc) is 2.67. The summed E-state index contributed by atoms with van der Waals surface area (Å²) < 4.78 is 0. The van der Waals surface area contributed by atoms with E-state index in [0.29, 0.717) is 0 Å². The monoisotopic (exact) mass is 256 g/mol. The van der Waals surface area contributed by atoms with E-state index in [1.54, 1.807) is 11.3 Å². The van der Waals surface area contributed by atoms with E-state index < -0.39 is 0 Å². The van der Waals surface area contributed by atoms with Crippen LogP contribution in [0.25, 0.3) is 0 Å². The number of rotatable bonds is 1. The molecule has 0 unspecified atom stereocenters. The maximum Gasteiger partial charge on any atom is 0.113 e. The molecule has 0 aliphatic carbocycles. The second kappa shape index (κ2) is 4.31. The van der Waals surface area contributed by atoms with Gasteiger partial charge >= 0.3 is 0 Å². The summed E-state index contributed by atoms with van der Waals surface area (Å²) in [6.45, 7) is 6.60. The van der Waals surface area contributed by atoms with Gasteiger partial charge in [0.2, 0.25) is 0 Å². The van der Waals surface area contributed by atoms with Gasteiger partial charge in [0.25, 0.3) is 0 Å². The van der Waals surface area contributed by atoms with Crippen molar-refractivity contribution in [2.24, 2.45) is 5.73 Å². The van der Waals surface area contributed by atoms with Gasteiger partial charge in [-0.15, -0.1) is 11.3 Å². The van der Waals surface area contributed by atoms with E-state index in [0.717, 1.165) is 17.8 Å². The Balaban J connectivity index is 2.24. The van der Waals surface area contributed by atoms with E-state index in [4.69, 9.17) is 10.7 Å². The van der Waals surface area contributed by atoms with Crippen LogP contribution in [0.15, 0.2) is 5.38 Å². The number of hydrogen-bond donors (Lipinski definition) is 1. The molecule has 1 saturated heterocycles. The smallest absolute Gasteiger partial charge is 0.113 e. The van der Waals surface area contributed by atoms with E-state index in [1.165, 1.54) is 17.2 Å². The molecule has 2 rings (SSSR count). The minimum atomic E-state index is -0.153. The highest BCUT2D eigenvalue weighted by molar-refractivity contribution is 7.99. The van der Waals surface area contributed by atoms with Crippen molar-refractivity contribution in [1.82, 2.24) is 4.98 Å². The molecule has 2 N–H and O–H groups in total. The molecule has 90 valence electrons. The van der Waals surface area contributed by atoms with Gasteiger partial charge < -0.3 is 5.73 Å². The summed E-state index contributed by atoms with van der Waals surface area (Å²) in [5.41, 5.74) is 7.63. The quantitative estimate of drug-likeness (QED) is 0.839. The lowest BCUT2D eigenvalue weighted by molar-refractivity contribution is 0.405. The Morgan fingerprint density at radius 2 is 1.94 bits per heavy atom. The molecule has 2 nitrogen and oxygen atoms in total. The molecule has 1 aliphatic rings. The first-order valence-electron chi connectivity index (χ1n) is 5.75. The zero-order chi connectivity index (χ0) is 11.8. The highest BCUT2D eigenvalue weighted by Gasteiger charge is 2.33. The second-order valence-corrected chi connectivity index (χ2v) is 7.64. The van der Waals surface area contributed by atoms with Crippen molar-refractivity contribution in [2.75, 3.05) is 11.5 Å². The van der Waals surface area contributed by atoms with Crippen molar-refractivity contribution < 1.29 is 0 Å². The summed E-state index contributed by atoms with van der Waals surface area (Å²) in [5, 5.41) is 3.31. The number of thioether (sulfide) groups is 1. The van der Waals surface area contributed by atoms with Gasteiger partial charge in [0.15, 0.2) is 0 Å². The summed E-state index contributed by atoms with van der Waals surface area (Å²) >= 11 is 3.74. The van der Waals surface area contributed by atoms with Crippen LogP contribution in [0.3, 0.4) is 0 Å². The van der Waals surface area contributed by atoms with Crippen LogP contribution in [0.5, 0.6) is 0 Å². The summed E-state index contributed by atoms with van der Waals surface area (Å²) in [7, 11) is 0. The van der Waals surface area contributed by atoms with Crippen molar-refractivity contribution in [1.29, 1.82) is 0 Å². The Bertz CT molecular complexity index is 359. The maximum atomic E-state index is 6.47. The van der Waals surface area contributed by atoms with Gasteiger partial charge in [-0.1, -0.05) is 20.8 Å². The predicted octanol–water partition coefficient (Wildman–Crippen LogP) is 3.12. The van der Waals surface area contributed by atoms with Gasteiger partial charge in [0.05, 0.1) is 11.2 Å². The molecule has 16 heavy (non-hydrogen) atoms. The van der Waals surface area contributed by atoms with E-state index in [9.17, 15) is 0 Å². The van der Waals surface area contributed by atoms with Crippen LogP contribution in [-0.4, -0.2) is 16.5 Å². The van der Waals surface area contributed by atoms with Gasteiger partial charge in [-0.05, 0) is 24.3 Å². The average molecular weight is 256 g/mol. The van der Waals surface area contributed by atoms with Gasteiger partial charge in [-0.2, -0.15) is 11.8 Å². The molecule has 0 spiro atoms. The lowest BCUT2D eigenvalue weighted by Crippen LogP contribution is -2.40. The first-order chi connectivity index (χ1) is 7.42. The number of thiazole rings is 1. The molecule has 1 aliphatic heterocycles. The molecule has 0 radical (unpaired) electrons. The Morgan fingerprint density at radius 1 is 1.31 bits per heavy atom. The molecule has 2 heterocycles. The van der Waals surface area contributed by atoms with Gasteiger partial charge in [0.1, 0.15) is 5.01 Å². The minimum Gasteiger partial charge on any atom is -0.319 e. The number of nitrogens with zero attached hydrogens (tertiary/aromatic N) is 1. The normalized spacial score (nSPS) is 21.0. The Hall–Kier alpha value is -0.0600. The zero-order valence-corrected chi connectivity index (χ0v) is 11.9. The molecule has 0 amide bonds. The number of aromatic nitrogens is 1. The third-order valence-corrected chi connectivity index (χ3v) is 5.13. The molecular weight excluding hydrogens is 236 g/mol. The third kappa shape index (κ3) is 2.44. The highest BCUT2D eigenvalue weighted by Crippen LogP contribution is 2.36. The van der Waals surface area contributed by atoms with Crippen LogP contribution in [0.4, 0.5) is 0 Å². The Kier molecular flexibility index (Phi) is 3.34. The van der Waals surface area contributed by atoms with Crippen LogP contribution < -0.4 is 5.73 Å². The van der Waals surface area contributed by atoms with Gasteiger partial charge in [-0.3, -0.25) is 0 Å². The molecule has 1 aromatic rings. The largest absolute Gasteiger partial charge is 0.319 e. The lowest BCUT2D eigenvalue weighted by atomic mass is 9.92. The van der Waals surface area contributed by atoms with Crippen molar-refractivity contribution in [3.8, 4) is 0 Å². The number of nitrogens with two attached hydrogens (primary N) is 1. The van der Waals surface area contributed by atoms with Crippen LogP contribution >= 0.6 is 23.1 Å². The second-order valence-electron chi connectivity index (χ2n) is 5.56. The van der Waals surface area contributed by atoms with Crippen LogP contribution in [0.1, 0.15) is 44.3 Å². The van der Waals surface area contributed by atoms with Crippen molar-refractivity contribution in [3.63, 3.8) is 0 Å². The van der Waals surface area contributed by atoms with E-state index >= 15 is 0 Å². The maximum absolute atomic E-state index is 6.47. The van der Waals surface area contributed by atoms with Gasteiger partial charge in [-0.25, -0.2) is 4.98 Å². The first kappa shape index (κ1) is 12.4. The van der Waals surface area contributed by atoms with Crippen molar-refractivity contribution in [3.05, 3.63) is 16.1 Å². The molecule has 0 atom stereocenters. The summed E-state index contributed by atoms with van der Waals surface area (Å²) in [6, 6.07) is 0. The summed E-state index contributed by atoms with van der Waals surface area (Å²) in [4.78, 5) is 4.76. The zero-order valence-electron chi connectivity index (χ0n) is 10.2. The molecule has 1 fully saturated rings. The molecule has 0 saturated carbocycles. The fourth-order valence-electron chi connectivity index (χ4n) is 1.80. The fourth-order valence-corrected chi connectivity index (χ4v) is 4.24. The first-order valence-corrected chi connectivity index (χ1v) is 7.78. The van der Waals surface area contributed by atoms with Crippen LogP contribution in [0, 0.1) is 0 Å². The predicted molar refractivity (Wildman–Crippen MR) is 73.2 cm³/mol.